The first-order chi connectivity index (χ1) is 19.2. The van der Waals surface area contributed by atoms with E-state index in [4.69, 9.17) is 9.47 Å². The van der Waals surface area contributed by atoms with Gasteiger partial charge in [0.05, 0.1) is 14.2 Å². The predicted octanol–water partition coefficient (Wildman–Crippen LogP) is 4.23. The van der Waals surface area contributed by atoms with Gasteiger partial charge in [-0.1, -0.05) is 12.1 Å². The first kappa shape index (κ1) is 26.8. The third-order valence-corrected chi connectivity index (χ3v) is 6.93. The number of aromatic nitrogens is 3. The van der Waals surface area contributed by atoms with Crippen LogP contribution in [-0.2, 0) is 0 Å². The Hall–Kier alpha value is -4.80. The summed E-state index contributed by atoms with van der Waals surface area (Å²) >= 11 is 0. The highest BCUT2D eigenvalue weighted by molar-refractivity contribution is 5.96. The number of aryl methyl sites for hydroxylation is 1. The third kappa shape index (κ3) is 4.74. The van der Waals surface area contributed by atoms with Crippen molar-refractivity contribution in [3.63, 3.8) is 0 Å². The molecule has 9 nitrogen and oxygen atoms in total. The first-order valence-corrected chi connectivity index (χ1v) is 12.5. The predicted molar refractivity (Wildman–Crippen MR) is 142 cm³/mol. The fourth-order valence-corrected chi connectivity index (χ4v) is 4.98. The van der Waals surface area contributed by atoms with E-state index in [-0.39, 0.29) is 47.4 Å². The van der Waals surface area contributed by atoms with Gasteiger partial charge in [-0.2, -0.15) is 4.98 Å². The molecule has 3 heterocycles. The van der Waals surface area contributed by atoms with E-state index in [0.717, 1.165) is 22.3 Å². The van der Waals surface area contributed by atoms with Gasteiger partial charge < -0.3 is 19.5 Å². The van der Waals surface area contributed by atoms with Crippen LogP contribution in [0.2, 0.25) is 0 Å². The number of likely N-dealkylation sites (tertiary alicyclic amines) is 1. The molecule has 2 aromatic carbocycles. The zero-order chi connectivity index (χ0) is 28.6. The molecule has 40 heavy (non-hydrogen) atoms. The summed E-state index contributed by atoms with van der Waals surface area (Å²) < 4.78 is 40.0. The van der Waals surface area contributed by atoms with Gasteiger partial charge in [0.2, 0.25) is 5.88 Å². The van der Waals surface area contributed by atoms with E-state index in [1.165, 1.54) is 31.4 Å². The van der Waals surface area contributed by atoms with Crippen LogP contribution in [0.25, 0.3) is 17.2 Å². The number of pyridine rings is 1. The number of halogens is 2. The molecule has 1 aliphatic rings. The molecular formula is C29H26F2N4O5. The lowest BCUT2D eigenvalue weighted by Gasteiger charge is -2.21. The Morgan fingerprint density at radius 3 is 2.45 bits per heavy atom. The smallest absolute Gasteiger partial charge is 0.275 e. The maximum Gasteiger partial charge on any atom is 0.275 e. The maximum absolute atomic E-state index is 14.4. The largest absolute Gasteiger partial charge is 0.494 e. The Kier molecular flexibility index (Phi) is 7.20. The van der Waals surface area contributed by atoms with Gasteiger partial charge in [-0.25, -0.2) is 8.78 Å². The number of carbonyl (C=O) groups is 1. The number of methoxy groups -OCH3 is 2. The number of hydrogen-bond acceptors (Lipinski definition) is 7. The van der Waals surface area contributed by atoms with Crippen LogP contribution in [-0.4, -0.2) is 57.8 Å². The Morgan fingerprint density at radius 2 is 1.80 bits per heavy atom. The molecular weight excluding hydrogens is 522 g/mol. The topological polar surface area (TPSA) is 107 Å². The molecule has 1 aliphatic heterocycles. The van der Waals surface area contributed by atoms with Crippen molar-refractivity contribution in [2.45, 2.75) is 19.3 Å². The lowest BCUT2D eigenvalue weighted by molar-refractivity contribution is 0.0784. The standard InChI is InChI=1S/C29H26F2N4O5/c1-16-9-11-32-21(13-16)26-33-27(36)24(29(38)35(26)25-22(39-2)5-4-6-23(25)40-3)28(37)34-12-10-17(15-34)19-8-7-18(30)14-20(19)31/h4-9,11,13-14,17,36H,10,12,15H2,1-3H3. The van der Waals surface area contributed by atoms with Crippen molar-refractivity contribution >= 4 is 5.91 Å². The monoisotopic (exact) mass is 548 g/mol. The molecule has 1 fully saturated rings. The first-order valence-electron chi connectivity index (χ1n) is 12.5. The summed E-state index contributed by atoms with van der Waals surface area (Å²) in [4.78, 5) is 37.7. The third-order valence-electron chi connectivity index (χ3n) is 6.93. The van der Waals surface area contributed by atoms with Gasteiger partial charge >= 0.3 is 0 Å². The summed E-state index contributed by atoms with van der Waals surface area (Å²) in [6.07, 6.45) is 1.93. The maximum atomic E-state index is 14.4. The highest BCUT2D eigenvalue weighted by atomic mass is 19.1. The average molecular weight is 549 g/mol. The van der Waals surface area contributed by atoms with Gasteiger partial charge in [0.25, 0.3) is 11.5 Å². The van der Waals surface area contributed by atoms with Gasteiger partial charge in [-0.05, 0) is 54.8 Å². The fourth-order valence-electron chi connectivity index (χ4n) is 4.98. The number of ether oxygens (including phenoxy) is 2. The zero-order valence-electron chi connectivity index (χ0n) is 22.0. The van der Waals surface area contributed by atoms with Gasteiger partial charge in [0.1, 0.15) is 34.5 Å². The number of para-hydroxylation sites is 1. The Morgan fingerprint density at radius 1 is 1.07 bits per heavy atom. The van der Waals surface area contributed by atoms with Crippen molar-refractivity contribution in [1.29, 1.82) is 0 Å². The molecule has 4 aromatic rings. The second kappa shape index (κ2) is 10.8. The van der Waals surface area contributed by atoms with Crippen LogP contribution >= 0.6 is 0 Å². The van der Waals surface area contributed by atoms with Gasteiger partial charge in [0, 0.05) is 31.3 Å². The average Bonchev–Trinajstić information content (AvgIpc) is 3.42. The lowest BCUT2D eigenvalue weighted by atomic mass is 9.98. The minimum Gasteiger partial charge on any atom is -0.494 e. The quantitative estimate of drug-likeness (QED) is 0.384. The molecule has 206 valence electrons. The molecule has 1 N–H and O–H groups in total. The highest BCUT2D eigenvalue weighted by Crippen LogP contribution is 2.36. The lowest BCUT2D eigenvalue weighted by Crippen LogP contribution is -2.36. The van der Waals surface area contributed by atoms with Crippen LogP contribution in [0.4, 0.5) is 8.78 Å². The minimum absolute atomic E-state index is 0.0294. The second-order valence-electron chi connectivity index (χ2n) is 9.41. The van der Waals surface area contributed by atoms with Gasteiger partial charge in [-0.3, -0.25) is 19.1 Å². The summed E-state index contributed by atoms with van der Waals surface area (Å²) in [5.41, 5.74) is 0.113. The summed E-state index contributed by atoms with van der Waals surface area (Å²) in [5.74, 6) is -2.86. The van der Waals surface area contributed by atoms with E-state index >= 15 is 0 Å². The minimum atomic E-state index is -0.866. The normalized spacial score (nSPS) is 14.8. The molecule has 11 heteroatoms. The zero-order valence-corrected chi connectivity index (χ0v) is 22.0. The van der Waals surface area contributed by atoms with Crippen molar-refractivity contribution in [2.75, 3.05) is 27.3 Å². The van der Waals surface area contributed by atoms with E-state index in [1.54, 1.807) is 30.3 Å². The molecule has 1 saturated heterocycles. The number of hydrogen-bond donors (Lipinski definition) is 1. The SMILES string of the molecule is COc1cccc(OC)c1-n1c(-c2cc(C)ccn2)nc(O)c(C(=O)N2CCC(c3ccc(F)cc3F)C2)c1=O. The molecule has 0 bridgehead atoms. The fraction of sp³-hybridized carbons (Fsp3) is 0.241. The van der Waals surface area contributed by atoms with Crippen molar-refractivity contribution in [3.05, 3.63) is 93.4 Å². The summed E-state index contributed by atoms with van der Waals surface area (Å²) in [6.45, 7) is 2.10. The number of aromatic hydroxyl groups is 1. The molecule has 0 saturated carbocycles. The Labute approximate surface area is 228 Å². The Balaban J connectivity index is 1.65. The van der Waals surface area contributed by atoms with E-state index in [2.05, 4.69) is 9.97 Å². The summed E-state index contributed by atoms with van der Waals surface area (Å²) in [5, 5.41) is 11.0. The van der Waals surface area contributed by atoms with Crippen molar-refractivity contribution in [1.82, 2.24) is 19.4 Å². The molecule has 1 unspecified atom stereocenters. The number of carbonyl (C=O) groups excluding carboxylic acids is 1. The van der Waals surface area contributed by atoms with E-state index in [1.807, 2.05) is 6.92 Å². The van der Waals surface area contributed by atoms with E-state index in [0.29, 0.717) is 6.42 Å². The number of nitrogens with zero attached hydrogens (tertiary/aromatic N) is 4. The number of amides is 1. The number of rotatable bonds is 6. The number of benzene rings is 2. The molecule has 1 amide bonds. The van der Waals surface area contributed by atoms with Crippen molar-refractivity contribution < 1.29 is 28.2 Å². The molecule has 5 rings (SSSR count). The molecule has 0 spiro atoms. The highest BCUT2D eigenvalue weighted by Gasteiger charge is 2.34. The van der Waals surface area contributed by atoms with Crippen LogP contribution < -0.4 is 15.0 Å². The molecule has 0 radical (unpaired) electrons. The van der Waals surface area contributed by atoms with Crippen molar-refractivity contribution in [2.24, 2.45) is 0 Å². The van der Waals surface area contributed by atoms with Gasteiger partial charge in [0.15, 0.2) is 11.4 Å². The van der Waals surface area contributed by atoms with Crippen LogP contribution in [0.1, 0.15) is 33.8 Å². The molecule has 0 aliphatic carbocycles. The van der Waals surface area contributed by atoms with Crippen LogP contribution in [0, 0.1) is 18.6 Å². The van der Waals surface area contributed by atoms with Crippen LogP contribution in [0.15, 0.2) is 59.5 Å². The second-order valence-corrected chi connectivity index (χ2v) is 9.41. The molecule has 2 aromatic heterocycles. The van der Waals surface area contributed by atoms with Crippen molar-refractivity contribution in [3.8, 4) is 34.6 Å². The van der Waals surface area contributed by atoms with Gasteiger partial charge in [-0.15, -0.1) is 0 Å². The molecule has 1 atom stereocenters. The summed E-state index contributed by atoms with van der Waals surface area (Å²) in [7, 11) is 2.85. The van der Waals surface area contributed by atoms with Crippen LogP contribution in [0.5, 0.6) is 17.4 Å². The Bertz CT molecular complexity index is 1650. The van der Waals surface area contributed by atoms with E-state index < -0.39 is 40.5 Å². The van der Waals surface area contributed by atoms with E-state index in [9.17, 15) is 23.5 Å². The van der Waals surface area contributed by atoms with Crippen LogP contribution in [0.3, 0.4) is 0 Å². The summed E-state index contributed by atoms with van der Waals surface area (Å²) in [6, 6.07) is 11.7.